The Hall–Kier alpha value is -0.610. The van der Waals surface area contributed by atoms with Gasteiger partial charge in [0.05, 0.1) is 13.2 Å². The average Bonchev–Trinajstić information content (AvgIpc) is 2.07. The Labute approximate surface area is 66.5 Å². The number of nitrogens with zero attached hydrogens (tertiary/aromatic N) is 2. The molecule has 1 atom stereocenters. The Bertz CT molecular complexity index is 124. The third kappa shape index (κ3) is 2.48. The normalized spacial score (nSPS) is 22.6. The molecule has 4 nitrogen and oxygen atoms in total. The molecule has 0 aromatic heterocycles. The molecule has 1 radical (unpaired) electrons. The van der Waals surface area contributed by atoms with Crippen molar-refractivity contribution in [3.05, 3.63) is 0 Å². The van der Waals surface area contributed by atoms with Crippen LogP contribution >= 0.6 is 0 Å². The van der Waals surface area contributed by atoms with Crippen molar-refractivity contribution in [2.45, 2.75) is 13.1 Å². The summed E-state index contributed by atoms with van der Waals surface area (Å²) in [6, 6.07) is 0. The molecule has 0 aromatic carbocycles. The summed E-state index contributed by atoms with van der Waals surface area (Å²) in [6.07, 6.45) is 0.622. The van der Waals surface area contributed by atoms with Gasteiger partial charge in [-0.25, -0.2) is 5.32 Å². The number of rotatable bonds is 3. The molecule has 0 bridgehead atoms. The summed E-state index contributed by atoms with van der Waals surface area (Å²) in [6.45, 7) is 5.16. The minimum atomic E-state index is 0.0106. The molecule has 0 aromatic rings. The molecule has 0 saturated carbocycles. The fourth-order valence-electron chi connectivity index (χ4n) is 1.13. The maximum absolute atomic E-state index is 10.0. The molecule has 0 N–H and O–H groups in total. The van der Waals surface area contributed by atoms with Crippen LogP contribution in [0.4, 0.5) is 0 Å². The molecular formula is C7H13N2O2. The predicted octanol–water partition coefficient (Wildman–Crippen LogP) is -0.575. The number of hydrogen-bond donors (Lipinski definition) is 0. The zero-order valence-electron chi connectivity index (χ0n) is 6.69. The van der Waals surface area contributed by atoms with Crippen molar-refractivity contribution in [3.63, 3.8) is 0 Å². The summed E-state index contributed by atoms with van der Waals surface area (Å²) in [7, 11) is 0. The Morgan fingerprint density at radius 1 is 1.55 bits per heavy atom. The minimum absolute atomic E-state index is 0.0106. The molecule has 11 heavy (non-hydrogen) atoms. The van der Waals surface area contributed by atoms with Crippen molar-refractivity contribution in [2.75, 3.05) is 26.3 Å². The first-order valence-electron chi connectivity index (χ1n) is 3.80. The summed E-state index contributed by atoms with van der Waals surface area (Å²) in [5, 5.41) is 3.74. The van der Waals surface area contributed by atoms with E-state index in [1.54, 1.807) is 0 Å². The Morgan fingerprint density at radius 2 is 2.18 bits per heavy atom. The molecule has 63 valence electrons. The summed E-state index contributed by atoms with van der Waals surface area (Å²) in [5.74, 6) is 0. The number of hydrogen-bond acceptors (Lipinski definition) is 3. The molecule has 1 heterocycles. The van der Waals surface area contributed by atoms with Crippen LogP contribution in [-0.4, -0.2) is 43.8 Å². The van der Waals surface area contributed by atoms with Gasteiger partial charge < -0.3 is 4.74 Å². The lowest BCUT2D eigenvalue weighted by Gasteiger charge is -2.30. The highest BCUT2D eigenvalue weighted by Gasteiger charge is 2.16. The Balaban J connectivity index is 2.26. The lowest BCUT2D eigenvalue weighted by atomic mass is 10.4. The molecule has 1 aliphatic rings. The molecule has 1 fully saturated rings. The van der Waals surface area contributed by atoms with Gasteiger partial charge in [0.15, 0.2) is 0 Å². The highest BCUT2D eigenvalue weighted by molar-refractivity contribution is 5.45. The average molecular weight is 157 g/mol. The van der Waals surface area contributed by atoms with Gasteiger partial charge in [0.25, 0.3) is 0 Å². The van der Waals surface area contributed by atoms with Crippen LogP contribution < -0.4 is 5.32 Å². The van der Waals surface area contributed by atoms with Crippen molar-refractivity contribution < 1.29 is 9.53 Å². The van der Waals surface area contributed by atoms with Gasteiger partial charge >= 0.3 is 0 Å². The van der Waals surface area contributed by atoms with Crippen LogP contribution in [0.2, 0.25) is 0 Å². The van der Waals surface area contributed by atoms with Gasteiger partial charge in [-0.05, 0) is 6.92 Å². The molecule has 1 aliphatic heterocycles. The van der Waals surface area contributed by atoms with E-state index in [2.05, 4.69) is 10.2 Å². The number of ether oxygens (including phenoxy) is 1. The van der Waals surface area contributed by atoms with Gasteiger partial charge in [-0.15, -0.1) is 0 Å². The fourth-order valence-corrected chi connectivity index (χ4v) is 1.13. The number of carbonyl (C=O) groups is 1. The van der Waals surface area contributed by atoms with E-state index in [0.29, 0.717) is 6.41 Å². The zero-order valence-corrected chi connectivity index (χ0v) is 6.69. The summed E-state index contributed by atoms with van der Waals surface area (Å²) < 4.78 is 5.16. The van der Waals surface area contributed by atoms with E-state index < -0.39 is 0 Å². The van der Waals surface area contributed by atoms with E-state index in [1.165, 1.54) is 0 Å². The second kappa shape index (κ2) is 4.31. The largest absolute Gasteiger partial charge is 0.379 e. The van der Waals surface area contributed by atoms with Crippen molar-refractivity contribution in [2.24, 2.45) is 0 Å². The van der Waals surface area contributed by atoms with Crippen LogP contribution in [0.5, 0.6) is 0 Å². The summed E-state index contributed by atoms with van der Waals surface area (Å²) in [4.78, 5) is 12.2. The first kappa shape index (κ1) is 8.49. The van der Waals surface area contributed by atoms with Crippen molar-refractivity contribution in [1.29, 1.82) is 0 Å². The molecule has 1 unspecified atom stereocenters. The standard InChI is InChI=1S/C7H13N2O2/c1-7(8-6-10)9-2-4-11-5-3-9/h6-7H,2-5H2,1H3. The van der Waals surface area contributed by atoms with Gasteiger partial charge in [0, 0.05) is 13.1 Å². The molecule has 1 rings (SSSR count). The predicted molar refractivity (Wildman–Crippen MR) is 40.1 cm³/mol. The van der Waals surface area contributed by atoms with E-state index in [4.69, 9.17) is 4.74 Å². The van der Waals surface area contributed by atoms with E-state index in [1.807, 2.05) is 6.92 Å². The fraction of sp³-hybridized carbons (Fsp3) is 0.857. The summed E-state index contributed by atoms with van der Waals surface area (Å²) >= 11 is 0. The highest BCUT2D eigenvalue weighted by atomic mass is 16.5. The van der Waals surface area contributed by atoms with Crippen molar-refractivity contribution >= 4 is 6.41 Å². The van der Waals surface area contributed by atoms with Gasteiger partial charge in [0.2, 0.25) is 6.41 Å². The monoisotopic (exact) mass is 157 g/mol. The van der Waals surface area contributed by atoms with Gasteiger partial charge in [-0.3, -0.25) is 9.69 Å². The molecule has 1 amide bonds. The lowest BCUT2D eigenvalue weighted by molar-refractivity contribution is -0.112. The lowest BCUT2D eigenvalue weighted by Crippen LogP contribution is -2.46. The Morgan fingerprint density at radius 3 is 2.73 bits per heavy atom. The molecule has 0 aliphatic carbocycles. The van der Waals surface area contributed by atoms with Crippen molar-refractivity contribution in [1.82, 2.24) is 10.2 Å². The SMILES string of the molecule is CC([N]C=O)N1CCOCC1. The van der Waals surface area contributed by atoms with Gasteiger partial charge in [0.1, 0.15) is 6.17 Å². The first-order valence-corrected chi connectivity index (χ1v) is 3.80. The first-order chi connectivity index (χ1) is 5.34. The van der Waals surface area contributed by atoms with E-state index in [9.17, 15) is 4.79 Å². The van der Waals surface area contributed by atoms with Gasteiger partial charge in [-0.1, -0.05) is 0 Å². The van der Waals surface area contributed by atoms with E-state index in [0.717, 1.165) is 26.3 Å². The number of amides is 1. The van der Waals surface area contributed by atoms with Crippen molar-refractivity contribution in [3.8, 4) is 0 Å². The molecule has 4 heteroatoms. The Kier molecular flexibility index (Phi) is 3.32. The smallest absolute Gasteiger partial charge is 0.229 e. The second-order valence-electron chi connectivity index (χ2n) is 2.53. The minimum Gasteiger partial charge on any atom is -0.379 e. The zero-order chi connectivity index (χ0) is 8.10. The van der Waals surface area contributed by atoms with Crippen LogP contribution in [0.1, 0.15) is 6.92 Å². The maximum Gasteiger partial charge on any atom is 0.229 e. The molecule has 0 spiro atoms. The topological polar surface area (TPSA) is 43.6 Å². The van der Waals surface area contributed by atoms with Gasteiger partial charge in [-0.2, -0.15) is 0 Å². The summed E-state index contributed by atoms with van der Waals surface area (Å²) in [5.41, 5.74) is 0. The maximum atomic E-state index is 10.0. The van der Waals surface area contributed by atoms with Crippen LogP contribution in [0.3, 0.4) is 0 Å². The van der Waals surface area contributed by atoms with Crippen LogP contribution in [-0.2, 0) is 9.53 Å². The third-order valence-corrected chi connectivity index (χ3v) is 1.85. The van der Waals surface area contributed by atoms with Crippen LogP contribution in [0.15, 0.2) is 0 Å². The van der Waals surface area contributed by atoms with E-state index >= 15 is 0 Å². The number of morpholine rings is 1. The van der Waals surface area contributed by atoms with E-state index in [-0.39, 0.29) is 6.17 Å². The molecule has 1 saturated heterocycles. The molecular weight excluding hydrogens is 144 g/mol. The van der Waals surface area contributed by atoms with Crippen LogP contribution in [0, 0.1) is 0 Å². The third-order valence-electron chi connectivity index (χ3n) is 1.85. The van der Waals surface area contributed by atoms with Crippen LogP contribution in [0.25, 0.3) is 0 Å². The number of carbonyl (C=O) groups excluding carboxylic acids is 1. The quantitative estimate of drug-likeness (QED) is 0.515. The second-order valence-corrected chi connectivity index (χ2v) is 2.53. The highest BCUT2D eigenvalue weighted by Crippen LogP contribution is 2.00.